The minimum absolute atomic E-state index is 0.315. The predicted molar refractivity (Wildman–Crippen MR) is 98.7 cm³/mol. The van der Waals surface area contributed by atoms with Crippen LogP contribution in [0, 0.1) is 11.6 Å². The molecule has 0 aliphatic carbocycles. The molecule has 0 spiro atoms. The van der Waals surface area contributed by atoms with Crippen molar-refractivity contribution in [1.29, 1.82) is 0 Å². The van der Waals surface area contributed by atoms with Gasteiger partial charge in [0.15, 0.2) is 11.6 Å². The van der Waals surface area contributed by atoms with E-state index in [2.05, 4.69) is 9.97 Å². The van der Waals surface area contributed by atoms with Crippen molar-refractivity contribution in [2.45, 2.75) is 13.0 Å². The molecule has 0 radical (unpaired) electrons. The molecule has 11 heteroatoms. The molecule has 1 aromatic carbocycles. The summed E-state index contributed by atoms with van der Waals surface area (Å²) in [4.78, 5) is 20.4. The summed E-state index contributed by atoms with van der Waals surface area (Å²) in [5.74, 6) is -3.75. The Labute approximate surface area is 165 Å². The molecule has 3 aromatic rings. The average Bonchev–Trinajstić information content (AvgIpc) is 3.23. The molecular weight excluding hydrogens is 420 g/mol. The highest BCUT2D eigenvalue weighted by molar-refractivity contribution is 7.19. The molecule has 3 rings (SSSR count). The van der Waals surface area contributed by atoms with Gasteiger partial charge in [-0.25, -0.2) is 18.7 Å². The van der Waals surface area contributed by atoms with Crippen LogP contribution in [-0.2, 0) is 0 Å². The third-order valence-electron chi connectivity index (χ3n) is 3.45. The highest BCUT2D eigenvalue weighted by atomic mass is 35.5. The zero-order chi connectivity index (χ0) is 19.7. The van der Waals surface area contributed by atoms with Crippen LogP contribution in [0.2, 0.25) is 4.34 Å². The minimum atomic E-state index is -1.22. The van der Waals surface area contributed by atoms with Gasteiger partial charge in [0.1, 0.15) is 32.5 Å². The first-order chi connectivity index (χ1) is 12.8. The first kappa shape index (κ1) is 19.5. The Morgan fingerprint density at radius 3 is 2.70 bits per heavy atom. The first-order valence-electron chi connectivity index (χ1n) is 7.42. The Balaban J connectivity index is 1.87. The van der Waals surface area contributed by atoms with Gasteiger partial charge in [0, 0.05) is 0 Å². The van der Waals surface area contributed by atoms with Crippen molar-refractivity contribution >= 4 is 40.2 Å². The summed E-state index contributed by atoms with van der Waals surface area (Å²) in [5, 5.41) is 0.930. The third-order valence-corrected chi connectivity index (χ3v) is 5.83. The van der Waals surface area contributed by atoms with Gasteiger partial charge < -0.3 is 15.2 Å². The molecular formula is C16H12ClF2N3O3S2. The number of halogens is 3. The number of rotatable bonds is 6. The van der Waals surface area contributed by atoms with Gasteiger partial charge in [-0.15, -0.1) is 11.3 Å². The van der Waals surface area contributed by atoms with E-state index < -0.39 is 29.2 Å². The van der Waals surface area contributed by atoms with Crippen LogP contribution in [0.25, 0.3) is 10.6 Å². The van der Waals surface area contributed by atoms with Gasteiger partial charge in [0.25, 0.3) is 11.1 Å². The van der Waals surface area contributed by atoms with Crippen LogP contribution in [0.1, 0.15) is 28.4 Å². The number of thiazole rings is 2. The number of carbonyl (C=O) groups excluding carboxylic acids is 1. The van der Waals surface area contributed by atoms with E-state index >= 15 is 0 Å². The number of ether oxygens (including phenoxy) is 2. The van der Waals surface area contributed by atoms with Crippen LogP contribution in [0.4, 0.5) is 8.78 Å². The Kier molecular flexibility index (Phi) is 5.59. The van der Waals surface area contributed by atoms with Crippen molar-refractivity contribution in [3.63, 3.8) is 0 Å². The molecule has 0 aliphatic rings. The Morgan fingerprint density at radius 1 is 1.33 bits per heavy atom. The lowest BCUT2D eigenvalue weighted by atomic mass is 10.1. The van der Waals surface area contributed by atoms with Gasteiger partial charge in [-0.1, -0.05) is 22.9 Å². The highest BCUT2D eigenvalue weighted by Gasteiger charge is 2.23. The first-order valence-corrected chi connectivity index (χ1v) is 9.43. The van der Waals surface area contributed by atoms with E-state index in [-0.39, 0.29) is 5.75 Å². The summed E-state index contributed by atoms with van der Waals surface area (Å²) in [7, 11) is 1.50. The number of nitrogens with two attached hydrogens (primary N) is 1. The molecule has 142 valence electrons. The minimum Gasteiger partial charge on any atom is -0.480 e. The lowest BCUT2D eigenvalue weighted by molar-refractivity contribution is 0.0990. The van der Waals surface area contributed by atoms with Crippen LogP contribution in [-0.4, -0.2) is 23.0 Å². The maximum atomic E-state index is 14.3. The van der Waals surface area contributed by atoms with Crippen LogP contribution in [0.15, 0.2) is 18.3 Å². The molecule has 6 nitrogen and oxygen atoms in total. The van der Waals surface area contributed by atoms with E-state index in [1.165, 1.54) is 18.4 Å². The number of benzene rings is 1. The Hall–Kier alpha value is -2.30. The van der Waals surface area contributed by atoms with Gasteiger partial charge in [-0.05, 0) is 19.1 Å². The quantitative estimate of drug-likeness (QED) is 0.623. The van der Waals surface area contributed by atoms with Crippen molar-refractivity contribution in [3.05, 3.63) is 44.9 Å². The number of methoxy groups -OCH3 is 1. The molecule has 1 unspecified atom stereocenters. The second-order valence-electron chi connectivity index (χ2n) is 5.23. The van der Waals surface area contributed by atoms with Gasteiger partial charge in [0.05, 0.1) is 18.2 Å². The number of hydrogen-bond donors (Lipinski definition) is 1. The fourth-order valence-corrected chi connectivity index (χ4v) is 4.21. The van der Waals surface area contributed by atoms with Crippen molar-refractivity contribution in [2.75, 3.05) is 7.11 Å². The second kappa shape index (κ2) is 7.75. The van der Waals surface area contributed by atoms with Crippen LogP contribution in [0.3, 0.4) is 0 Å². The number of nitrogens with zero attached hydrogens (tertiary/aromatic N) is 2. The summed E-state index contributed by atoms with van der Waals surface area (Å²) < 4.78 is 38.9. The van der Waals surface area contributed by atoms with E-state index in [1.54, 1.807) is 13.1 Å². The van der Waals surface area contributed by atoms with Crippen molar-refractivity contribution in [1.82, 2.24) is 9.97 Å². The average molecular weight is 432 g/mol. The zero-order valence-corrected chi connectivity index (χ0v) is 16.3. The predicted octanol–water partition coefficient (Wildman–Crippen LogP) is 4.45. The van der Waals surface area contributed by atoms with Crippen LogP contribution >= 0.6 is 34.3 Å². The Morgan fingerprint density at radius 2 is 2.07 bits per heavy atom. The number of primary amides is 1. The summed E-state index contributed by atoms with van der Waals surface area (Å²) in [6, 6.07) is 1.99. The molecule has 0 saturated carbocycles. The number of hydrogen-bond acceptors (Lipinski definition) is 7. The molecule has 27 heavy (non-hydrogen) atoms. The standard InChI is InChI=1S/C16H12ClF2N3O3S2/c1-6(25-8-4-3-7(18)10(11(8)19)14(20)23)15-22-12(13(17)27-15)9-5-21-16(24-2)26-9/h3-6H,1-2H3,(H2,20,23). The van der Waals surface area contributed by atoms with Crippen molar-refractivity contribution < 1.29 is 23.0 Å². The molecule has 1 atom stereocenters. The molecule has 0 bridgehead atoms. The van der Waals surface area contributed by atoms with Gasteiger partial charge in [0.2, 0.25) is 0 Å². The zero-order valence-electron chi connectivity index (χ0n) is 14.0. The second-order valence-corrected chi connectivity index (χ2v) is 7.85. The van der Waals surface area contributed by atoms with E-state index in [4.69, 9.17) is 26.8 Å². The monoisotopic (exact) mass is 431 g/mol. The molecule has 0 aliphatic heterocycles. The van der Waals surface area contributed by atoms with Gasteiger partial charge >= 0.3 is 0 Å². The summed E-state index contributed by atoms with van der Waals surface area (Å²) in [6.45, 7) is 1.62. The van der Waals surface area contributed by atoms with E-state index in [9.17, 15) is 13.6 Å². The number of carbonyl (C=O) groups is 1. The molecule has 0 fully saturated rings. The van der Waals surface area contributed by atoms with E-state index in [1.807, 2.05) is 0 Å². The summed E-state index contributed by atoms with van der Waals surface area (Å²) in [5.41, 5.74) is 4.66. The maximum absolute atomic E-state index is 14.3. The normalized spacial score (nSPS) is 12.0. The topological polar surface area (TPSA) is 87.3 Å². The SMILES string of the molecule is COc1ncc(-c2nc(C(C)Oc3ccc(F)c(C(N)=O)c3F)sc2Cl)s1. The Bertz CT molecular complexity index is 1010. The molecule has 1 amide bonds. The van der Waals surface area contributed by atoms with E-state index in [0.717, 1.165) is 23.5 Å². The summed E-state index contributed by atoms with van der Waals surface area (Å²) in [6.07, 6.45) is 0.871. The lowest BCUT2D eigenvalue weighted by Gasteiger charge is -2.14. The smallest absolute Gasteiger partial charge is 0.273 e. The fraction of sp³-hybridized carbons (Fsp3) is 0.188. The van der Waals surface area contributed by atoms with E-state index in [0.29, 0.717) is 25.1 Å². The number of aromatic nitrogens is 2. The number of amides is 1. The maximum Gasteiger partial charge on any atom is 0.273 e. The molecule has 2 heterocycles. The molecule has 0 saturated heterocycles. The molecule has 2 N–H and O–H groups in total. The van der Waals surface area contributed by atoms with Crippen molar-refractivity contribution in [3.8, 4) is 21.5 Å². The molecule has 2 aromatic heterocycles. The highest BCUT2D eigenvalue weighted by Crippen LogP contribution is 2.40. The van der Waals surface area contributed by atoms with Crippen LogP contribution in [0.5, 0.6) is 10.9 Å². The van der Waals surface area contributed by atoms with Crippen LogP contribution < -0.4 is 15.2 Å². The fourth-order valence-electron chi connectivity index (χ4n) is 2.20. The third kappa shape index (κ3) is 3.87. The van der Waals surface area contributed by atoms with Crippen molar-refractivity contribution in [2.24, 2.45) is 5.73 Å². The van der Waals surface area contributed by atoms with Gasteiger partial charge in [-0.2, -0.15) is 0 Å². The largest absolute Gasteiger partial charge is 0.480 e. The lowest BCUT2D eigenvalue weighted by Crippen LogP contribution is -2.16. The summed E-state index contributed by atoms with van der Waals surface area (Å²) >= 11 is 8.67. The van der Waals surface area contributed by atoms with Gasteiger partial charge in [-0.3, -0.25) is 4.79 Å².